The van der Waals surface area contributed by atoms with Gasteiger partial charge in [0.25, 0.3) is 5.91 Å². The first-order chi connectivity index (χ1) is 12.3. The van der Waals surface area contributed by atoms with Gasteiger partial charge in [-0.05, 0) is 22.4 Å². The summed E-state index contributed by atoms with van der Waals surface area (Å²) in [5.41, 5.74) is 0.252. The van der Waals surface area contributed by atoms with Gasteiger partial charge in [0.05, 0.1) is 0 Å². The van der Waals surface area contributed by atoms with Crippen LogP contribution in [-0.4, -0.2) is 22.1 Å². The van der Waals surface area contributed by atoms with Gasteiger partial charge in [-0.15, -0.1) is 0 Å². The van der Waals surface area contributed by atoms with Crippen LogP contribution in [0.25, 0.3) is 10.8 Å². The quantitative estimate of drug-likeness (QED) is 0.747. The molecule has 0 radical (unpaired) electrons. The van der Waals surface area contributed by atoms with E-state index in [4.69, 9.17) is 4.52 Å². The summed E-state index contributed by atoms with van der Waals surface area (Å²) >= 11 is 0. The van der Waals surface area contributed by atoms with E-state index in [2.05, 4.69) is 10.5 Å². The van der Waals surface area contributed by atoms with Crippen LogP contribution in [-0.2, 0) is 10.2 Å². The summed E-state index contributed by atoms with van der Waals surface area (Å²) in [6, 6.07) is 13.3. The standard InChI is InChI=1S/C20H20N2O4/c1-20(2,3)16-11-15(22-26-16)18(23)21-17(19(24)25)14-9-8-12-6-4-5-7-13(12)10-14/h4-11,17H,1-3H3,(H,21,23)(H,24,25). The number of carboxylic acid groups (broad SMARTS) is 1. The van der Waals surface area contributed by atoms with Crippen LogP contribution in [0.5, 0.6) is 0 Å². The van der Waals surface area contributed by atoms with Gasteiger partial charge < -0.3 is 14.9 Å². The highest BCUT2D eigenvalue weighted by Gasteiger charge is 2.26. The summed E-state index contributed by atoms with van der Waals surface area (Å²) in [5, 5.41) is 17.7. The number of amides is 1. The molecule has 0 aliphatic rings. The first-order valence-corrected chi connectivity index (χ1v) is 8.25. The molecule has 2 aromatic carbocycles. The summed E-state index contributed by atoms with van der Waals surface area (Å²) in [6.45, 7) is 5.80. The van der Waals surface area contributed by atoms with Gasteiger partial charge in [-0.25, -0.2) is 4.79 Å². The minimum absolute atomic E-state index is 0.0574. The Balaban J connectivity index is 1.87. The molecule has 1 amide bonds. The van der Waals surface area contributed by atoms with Crippen molar-refractivity contribution in [2.24, 2.45) is 0 Å². The number of aliphatic carboxylic acids is 1. The van der Waals surface area contributed by atoms with Crippen molar-refractivity contribution in [1.82, 2.24) is 10.5 Å². The van der Waals surface area contributed by atoms with Gasteiger partial charge in [-0.2, -0.15) is 0 Å². The smallest absolute Gasteiger partial charge is 0.330 e. The van der Waals surface area contributed by atoms with Crippen LogP contribution in [0, 0.1) is 0 Å². The zero-order chi connectivity index (χ0) is 18.9. The fourth-order valence-electron chi connectivity index (χ4n) is 2.62. The van der Waals surface area contributed by atoms with E-state index in [9.17, 15) is 14.7 Å². The van der Waals surface area contributed by atoms with Gasteiger partial charge in [0.2, 0.25) is 0 Å². The van der Waals surface area contributed by atoms with Crippen LogP contribution in [0.2, 0.25) is 0 Å². The average Bonchev–Trinajstić information content (AvgIpc) is 3.09. The minimum Gasteiger partial charge on any atom is -0.479 e. The number of rotatable bonds is 4. The monoisotopic (exact) mass is 352 g/mol. The molecule has 6 heteroatoms. The van der Waals surface area contributed by atoms with E-state index in [1.165, 1.54) is 6.07 Å². The molecule has 6 nitrogen and oxygen atoms in total. The Kier molecular flexibility index (Phi) is 4.50. The molecule has 1 unspecified atom stereocenters. The van der Waals surface area contributed by atoms with Gasteiger partial charge in [0, 0.05) is 11.5 Å². The van der Waals surface area contributed by atoms with Gasteiger partial charge >= 0.3 is 5.97 Å². The highest BCUT2D eigenvalue weighted by atomic mass is 16.5. The van der Waals surface area contributed by atoms with Crippen molar-refractivity contribution in [2.45, 2.75) is 32.2 Å². The van der Waals surface area contributed by atoms with E-state index < -0.39 is 17.9 Å². The van der Waals surface area contributed by atoms with Crippen molar-refractivity contribution in [2.75, 3.05) is 0 Å². The van der Waals surface area contributed by atoms with Gasteiger partial charge in [0.1, 0.15) is 5.76 Å². The topological polar surface area (TPSA) is 92.4 Å². The predicted octanol–water partition coefficient (Wildman–Crippen LogP) is 3.68. The number of carbonyl (C=O) groups is 2. The molecule has 1 atom stereocenters. The molecule has 1 aromatic heterocycles. The molecule has 1 heterocycles. The van der Waals surface area contributed by atoms with E-state index in [0.29, 0.717) is 11.3 Å². The van der Waals surface area contributed by atoms with Crippen molar-refractivity contribution in [3.05, 3.63) is 65.5 Å². The summed E-state index contributed by atoms with van der Waals surface area (Å²) < 4.78 is 5.20. The third kappa shape index (κ3) is 3.59. The summed E-state index contributed by atoms with van der Waals surface area (Å²) in [5.74, 6) is -1.18. The fraction of sp³-hybridized carbons (Fsp3) is 0.250. The van der Waals surface area contributed by atoms with E-state index in [1.807, 2.05) is 51.1 Å². The van der Waals surface area contributed by atoms with E-state index in [0.717, 1.165) is 10.8 Å². The Morgan fingerprint density at radius 2 is 1.77 bits per heavy atom. The van der Waals surface area contributed by atoms with Crippen LogP contribution in [0.1, 0.15) is 48.6 Å². The van der Waals surface area contributed by atoms with Crippen molar-refractivity contribution in [3.8, 4) is 0 Å². The van der Waals surface area contributed by atoms with Crippen LogP contribution in [0.3, 0.4) is 0 Å². The first-order valence-electron chi connectivity index (χ1n) is 8.25. The Labute approximate surface area is 150 Å². The molecule has 26 heavy (non-hydrogen) atoms. The fourth-order valence-corrected chi connectivity index (χ4v) is 2.62. The molecule has 0 aliphatic carbocycles. The molecule has 0 aliphatic heterocycles. The maximum atomic E-state index is 12.4. The molecule has 0 saturated heterocycles. The average molecular weight is 352 g/mol. The Morgan fingerprint density at radius 1 is 1.08 bits per heavy atom. The molecule has 0 fully saturated rings. The molecule has 0 spiro atoms. The van der Waals surface area contributed by atoms with Gasteiger partial charge in [-0.3, -0.25) is 4.79 Å². The second-order valence-electron chi connectivity index (χ2n) is 7.18. The number of fused-ring (bicyclic) bond motifs is 1. The maximum absolute atomic E-state index is 12.4. The molecule has 0 bridgehead atoms. The normalized spacial score (nSPS) is 12.7. The lowest BCUT2D eigenvalue weighted by Crippen LogP contribution is -2.33. The molecule has 3 rings (SSSR count). The Bertz CT molecular complexity index is 969. The minimum atomic E-state index is -1.18. The second kappa shape index (κ2) is 6.63. The lowest BCUT2D eigenvalue weighted by atomic mass is 9.93. The third-order valence-corrected chi connectivity index (χ3v) is 4.11. The SMILES string of the molecule is CC(C)(C)c1cc(C(=O)NC(C(=O)O)c2ccc3ccccc3c2)no1. The first kappa shape index (κ1) is 17.7. The molecule has 3 aromatic rings. The summed E-state index contributed by atoms with van der Waals surface area (Å²) in [4.78, 5) is 24.1. The van der Waals surface area contributed by atoms with Crippen LogP contribution in [0.4, 0.5) is 0 Å². The Morgan fingerprint density at radius 3 is 2.38 bits per heavy atom. The zero-order valence-electron chi connectivity index (χ0n) is 14.8. The molecule has 134 valence electrons. The van der Waals surface area contributed by atoms with Crippen LogP contribution < -0.4 is 5.32 Å². The Hall–Kier alpha value is -3.15. The molecular formula is C20H20N2O4. The largest absolute Gasteiger partial charge is 0.479 e. The third-order valence-electron chi connectivity index (χ3n) is 4.11. The van der Waals surface area contributed by atoms with Crippen molar-refractivity contribution < 1.29 is 19.2 Å². The van der Waals surface area contributed by atoms with Crippen LogP contribution >= 0.6 is 0 Å². The predicted molar refractivity (Wildman–Crippen MR) is 97.0 cm³/mol. The van der Waals surface area contributed by atoms with Crippen molar-refractivity contribution >= 4 is 22.6 Å². The highest BCUT2D eigenvalue weighted by Crippen LogP contribution is 2.24. The zero-order valence-corrected chi connectivity index (χ0v) is 14.8. The lowest BCUT2D eigenvalue weighted by Gasteiger charge is -2.15. The van der Waals surface area contributed by atoms with Gasteiger partial charge in [0.15, 0.2) is 11.7 Å². The van der Waals surface area contributed by atoms with Crippen molar-refractivity contribution in [1.29, 1.82) is 0 Å². The number of hydrogen-bond donors (Lipinski definition) is 2. The summed E-state index contributed by atoms with van der Waals surface area (Å²) in [6.07, 6.45) is 0. The lowest BCUT2D eigenvalue weighted by molar-refractivity contribution is -0.139. The van der Waals surface area contributed by atoms with E-state index >= 15 is 0 Å². The number of benzene rings is 2. The highest BCUT2D eigenvalue weighted by molar-refractivity contribution is 5.95. The van der Waals surface area contributed by atoms with E-state index in [1.54, 1.807) is 12.1 Å². The van der Waals surface area contributed by atoms with Crippen LogP contribution in [0.15, 0.2) is 53.1 Å². The summed E-state index contributed by atoms with van der Waals surface area (Å²) in [7, 11) is 0. The number of carboxylic acids is 1. The van der Waals surface area contributed by atoms with E-state index in [-0.39, 0.29) is 11.1 Å². The number of carbonyl (C=O) groups excluding carboxylic acids is 1. The number of nitrogens with one attached hydrogen (secondary N) is 1. The molecule has 0 saturated carbocycles. The van der Waals surface area contributed by atoms with Crippen molar-refractivity contribution in [3.63, 3.8) is 0 Å². The number of nitrogens with zero attached hydrogens (tertiary/aromatic N) is 1. The molecular weight excluding hydrogens is 332 g/mol. The number of hydrogen-bond acceptors (Lipinski definition) is 4. The molecule has 2 N–H and O–H groups in total. The number of aromatic nitrogens is 1. The van der Waals surface area contributed by atoms with Gasteiger partial charge in [-0.1, -0.05) is 62.3 Å². The second-order valence-corrected chi connectivity index (χ2v) is 7.18. The maximum Gasteiger partial charge on any atom is 0.330 e.